The minimum atomic E-state index is -0.714. The van der Waals surface area contributed by atoms with Gasteiger partial charge in [-0.2, -0.15) is 0 Å². The molecule has 0 fully saturated rings. The summed E-state index contributed by atoms with van der Waals surface area (Å²) < 4.78 is 0. The molecule has 5 rings (SSSR count). The molecule has 0 spiro atoms. The van der Waals surface area contributed by atoms with E-state index < -0.39 is 7.92 Å². The SMILES string of the molecule is C(=C(/C(=C\P(c1ccccc1)c1ccccc1)c1ccccc1)c1ccccc1)/c1ccccc1. The van der Waals surface area contributed by atoms with Crippen molar-refractivity contribution in [3.63, 3.8) is 0 Å². The molecule has 5 aromatic carbocycles. The predicted molar refractivity (Wildman–Crippen MR) is 154 cm³/mol. The lowest BCUT2D eigenvalue weighted by molar-refractivity contribution is 1.58. The molecule has 0 saturated carbocycles. The second kappa shape index (κ2) is 11.4. The van der Waals surface area contributed by atoms with Gasteiger partial charge in [0, 0.05) is 0 Å². The van der Waals surface area contributed by atoms with Crippen LogP contribution in [0.25, 0.3) is 17.2 Å². The molecule has 0 aromatic heterocycles. The Labute approximate surface area is 209 Å². The molecule has 0 nitrogen and oxygen atoms in total. The highest BCUT2D eigenvalue weighted by Crippen LogP contribution is 2.43. The van der Waals surface area contributed by atoms with E-state index in [1.807, 2.05) is 0 Å². The molecule has 0 saturated heterocycles. The van der Waals surface area contributed by atoms with E-state index >= 15 is 0 Å². The van der Waals surface area contributed by atoms with E-state index in [1.165, 1.54) is 38.4 Å². The Bertz CT molecular complexity index is 1350. The Morgan fingerprint density at radius 1 is 0.400 bits per heavy atom. The Balaban J connectivity index is 1.77. The average Bonchev–Trinajstić information content (AvgIpc) is 2.95. The molecule has 0 radical (unpaired) electrons. The first-order chi connectivity index (χ1) is 17.4. The van der Waals surface area contributed by atoms with Crippen molar-refractivity contribution in [2.24, 2.45) is 0 Å². The van der Waals surface area contributed by atoms with Gasteiger partial charge in [0.05, 0.1) is 0 Å². The summed E-state index contributed by atoms with van der Waals surface area (Å²) in [6.45, 7) is 0. The van der Waals surface area contributed by atoms with Crippen LogP contribution >= 0.6 is 7.92 Å². The number of rotatable bonds is 7. The molecule has 0 N–H and O–H groups in total. The van der Waals surface area contributed by atoms with E-state index in [0.29, 0.717) is 0 Å². The third kappa shape index (κ3) is 5.75. The lowest BCUT2D eigenvalue weighted by atomic mass is 9.92. The van der Waals surface area contributed by atoms with Crippen LogP contribution < -0.4 is 10.6 Å². The van der Waals surface area contributed by atoms with E-state index in [4.69, 9.17) is 0 Å². The maximum absolute atomic E-state index is 2.50. The van der Waals surface area contributed by atoms with E-state index in [9.17, 15) is 0 Å². The topological polar surface area (TPSA) is 0 Å². The van der Waals surface area contributed by atoms with E-state index in [0.717, 1.165) is 0 Å². The summed E-state index contributed by atoms with van der Waals surface area (Å²) in [5.41, 5.74) is 6.10. The van der Waals surface area contributed by atoms with Gasteiger partial charge < -0.3 is 0 Å². The summed E-state index contributed by atoms with van der Waals surface area (Å²) in [6, 6.07) is 53.9. The second-order valence-corrected chi connectivity index (χ2v) is 10.3. The van der Waals surface area contributed by atoms with Crippen molar-refractivity contribution in [3.05, 3.63) is 174 Å². The average molecular weight is 467 g/mol. The Kier molecular flexibility index (Phi) is 7.44. The van der Waals surface area contributed by atoms with Crippen LogP contribution in [0.4, 0.5) is 0 Å². The van der Waals surface area contributed by atoms with Crippen molar-refractivity contribution in [1.29, 1.82) is 0 Å². The molecule has 5 aromatic rings. The van der Waals surface area contributed by atoms with E-state index in [2.05, 4.69) is 164 Å². The molecule has 0 bridgehead atoms. The minimum absolute atomic E-state index is 0.714. The summed E-state index contributed by atoms with van der Waals surface area (Å²) >= 11 is 0. The molecule has 168 valence electrons. The van der Waals surface area contributed by atoms with Crippen LogP contribution in [0.5, 0.6) is 0 Å². The smallest absolute Gasteiger partial charge is 0.00942 e. The summed E-state index contributed by atoms with van der Waals surface area (Å²) in [6.07, 6.45) is 2.32. The molecular formula is C34H27P. The molecule has 35 heavy (non-hydrogen) atoms. The van der Waals surface area contributed by atoms with Crippen molar-refractivity contribution >= 4 is 35.8 Å². The summed E-state index contributed by atoms with van der Waals surface area (Å²) in [7, 11) is -0.714. The third-order valence-corrected chi connectivity index (χ3v) is 8.12. The zero-order valence-electron chi connectivity index (χ0n) is 19.5. The van der Waals surface area contributed by atoms with Gasteiger partial charge in [0.15, 0.2) is 0 Å². The number of allylic oxidation sites excluding steroid dienone is 2. The van der Waals surface area contributed by atoms with Crippen LogP contribution in [-0.2, 0) is 0 Å². The second-order valence-electron chi connectivity index (χ2n) is 8.28. The summed E-state index contributed by atoms with van der Waals surface area (Å²) in [5, 5.41) is 2.68. The maximum Gasteiger partial charge on any atom is -0.00942 e. The van der Waals surface area contributed by atoms with Crippen LogP contribution in [0.3, 0.4) is 0 Å². The van der Waals surface area contributed by atoms with Gasteiger partial charge in [0.1, 0.15) is 0 Å². The molecule has 0 aliphatic rings. The Morgan fingerprint density at radius 2 is 0.771 bits per heavy atom. The van der Waals surface area contributed by atoms with Crippen LogP contribution in [-0.4, -0.2) is 0 Å². The highest BCUT2D eigenvalue weighted by Gasteiger charge is 2.17. The van der Waals surface area contributed by atoms with Crippen molar-refractivity contribution < 1.29 is 0 Å². The fourth-order valence-electron chi connectivity index (χ4n) is 4.17. The van der Waals surface area contributed by atoms with Crippen molar-refractivity contribution in [2.75, 3.05) is 0 Å². The van der Waals surface area contributed by atoms with Crippen LogP contribution in [0.1, 0.15) is 16.7 Å². The van der Waals surface area contributed by atoms with Crippen LogP contribution in [0.2, 0.25) is 0 Å². The lowest BCUT2D eigenvalue weighted by Crippen LogP contribution is -2.10. The first-order valence-electron chi connectivity index (χ1n) is 11.9. The van der Waals surface area contributed by atoms with Gasteiger partial charge in [-0.05, 0) is 58.3 Å². The summed E-state index contributed by atoms with van der Waals surface area (Å²) in [4.78, 5) is 0. The monoisotopic (exact) mass is 466 g/mol. The molecule has 0 aliphatic heterocycles. The largest absolute Gasteiger partial charge is 0.0622 e. The molecule has 0 aliphatic carbocycles. The van der Waals surface area contributed by atoms with Crippen molar-refractivity contribution in [3.8, 4) is 0 Å². The van der Waals surface area contributed by atoms with E-state index in [-0.39, 0.29) is 0 Å². The standard InChI is InChI=1S/C34H27P/c1-6-16-28(17-7-1)26-33(29-18-8-2-9-19-29)34(30-20-10-3-11-21-30)27-35(31-22-12-4-13-23-31)32-24-14-5-15-25-32/h1-27H/b33-26-,34-27-. The Hall–Kier alpha value is -3.99. The highest BCUT2D eigenvalue weighted by molar-refractivity contribution is 7.76. The van der Waals surface area contributed by atoms with Gasteiger partial charge in [0.25, 0.3) is 0 Å². The fourth-order valence-corrected chi connectivity index (χ4v) is 6.30. The van der Waals surface area contributed by atoms with Gasteiger partial charge in [-0.15, -0.1) is 0 Å². The van der Waals surface area contributed by atoms with Gasteiger partial charge in [-0.25, -0.2) is 0 Å². The maximum atomic E-state index is 2.50. The Morgan fingerprint density at radius 3 is 1.23 bits per heavy atom. The van der Waals surface area contributed by atoms with Gasteiger partial charge >= 0.3 is 0 Å². The summed E-state index contributed by atoms with van der Waals surface area (Å²) in [5.74, 6) is 2.50. The van der Waals surface area contributed by atoms with Crippen LogP contribution in [0.15, 0.2) is 157 Å². The van der Waals surface area contributed by atoms with Gasteiger partial charge in [-0.1, -0.05) is 152 Å². The first kappa shape index (κ1) is 22.8. The predicted octanol–water partition coefficient (Wildman–Crippen LogP) is 8.40. The quantitative estimate of drug-likeness (QED) is 0.128. The lowest BCUT2D eigenvalue weighted by Gasteiger charge is -2.20. The molecular weight excluding hydrogens is 439 g/mol. The van der Waals surface area contributed by atoms with Crippen molar-refractivity contribution in [2.45, 2.75) is 0 Å². The molecule has 1 heteroatoms. The molecule has 0 amide bonds. The molecule has 0 heterocycles. The number of hydrogen-bond acceptors (Lipinski definition) is 0. The number of hydrogen-bond donors (Lipinski definition) is 0. The third-order valence-electron chi connectivity index (χ3n) is 5.90. The van der Waals surface area contributed by atoms with Gasteiger partial charge in [0.2, 0.25) is 0 Å². The fraction of sp³-hybridized carbons (Fsp3) is 0. The minimum Gasteiger partial charge on any atom is -0.0622 e. The normalized spacial score (nSPS) is 12.0. The van der Waals surface area contributed by atoms with Crippen LogP contribution in [0, 0.1) is 0 Å². The van der Waals surface area contributed by atoms with E-state index in [1.54, 1.807) is 0 Å². The first-order valence-corrected chi connectivity index (χ1v) is 13.3. The number of benzene rings is 5. The highest BCUT2D eigenvalue weighted by atomic mass is 31.1. The van der Waals surface area contributed by atoms with Gasteiger partial charge in [-0.3, -0.25) is 0 Å². The molecule has 0 unspecified atom stereocenters. The zero-order chi connectivity index (χ0) is 23.7. The van der Waals surface area contributed by atoms with Crippen molar-refractivity contribution in [1.82, 2.24) is 0 Å². The molecule has 0 atom stereocenters. The zero-order valence-corrected chi connectivity index (χ0v) is 20.4.